The van der Waals surface area contributed by atoms with Crippen LogP contribution < -0.4 is 0 Å². The Labute approximate surface area is 350 Å². The van der Waals surface area contributed by atoms with Crippen molar-refractivity contribution in [2.24, 2.45) is 0 Å². The highest BCUT2D eigenvalue weighted by molar-refractivity contribution is 7.80. The molecule has 0 aromatic carbocycles. The van der Waals surface area contributed by atoms with Gasteiger partial charge in [0.15, 0.2) is 6.29 Å². The van der Waals surface area contributed by atoms with Crippen LogP contribution in [0.15, 0.2) is 60.8 Å². The average molecular weight is 843 g/mol. The molecule has 1 rings (SSSR count). The van der Waals surface area contributed by atoms with Gasteiger partial charge in [-0.2, -0.15) is 8.42 Å². The summed E-state index contributed by atoms with van der Waals surface area (Å²) in [6.45, 7) is 3.76. The minimum atomic E-state index is -5.07. The average Bonchev–Trinajstić information content (AvgIpc) is 3.19. The first-order chi connectivity index (χ1) is 28.1. The Morgan fingerprint density at radius 2 is 1.19 bits per heavy atom. The standard InChI is InChI=1S/C45H78O12S/c1-3-5-7-9-11-13-15-17-18-19-20-21-23-25-27-29-31-33-35-53-37-39(38-54-45-43(49)44(57-58(50,51)52)42(48)40(36-46)56-45)55-41(47)34-32-30-28-26-24-22-16-14-12-10-8-6-4-2/h5,7-8,10-11,13-14,16-18,39-40,42-46,48-49H,3-4,6,9,12,15,19-38H2,1-2H3,(H,50,51,52)/b7-5-,10-8-,13-11-,16-14-,18-17-. The molecule has 13 heteroatoms. The van der Waals surface area contributed by atoms with Crippen LogP contribution in [0, 0.1) is 0 Å². The van der Waals surface area contributed by atoms with Gasteiger partial charge in [0.1, 0.15) is 30.5 Å². The second-order valence-corrected chi connectivity index (χ2v) is 15.9. The molecule has 12 nitrogen and oxygen atoms in total. The smallest absolute Gasteiger partial charge is 0.397 e. The lowest BCUT2D eigenvalue weighted by atomic mass is 9.99. The van der Waals surface area contributed by atoms with Gasteiger partial charge in [-0.1, -0.05) is 139 Å². The van der Waals surface area contributed by atoms with Gasteiger partial charge in [-0.15, -0.1) is 0 Å². The van der Waals surface area contributed by atoms with Crippen LogP contribution >= 0.6 is 0 Å². The highest BCUT2D eigenvalue weighted by Gasteiger charge is 2.48. The third-order valence-electron chi connectivity index (χ3n) is 9.60. The van der Waals surface area contributed by atoms with Crippen molar-refractivity contribution in [3.8, 4) is 0 Å². The van der Waals surface area contributed by atoms with Gasteiger partial charge in [-0.25, -0.2) is 4.18 Å². The molecule has 1 aliphatic heterocycles. The minimum absolute atomic E-state index is 0.0223. The van der Waals surface area contributed by atoms with E-state index in [0.29, 0.717) is 13.0 Å². The van der Waals surface area contributed by atoms with Crippen molar-refractivity contribution in [1.82, 2.24) is 0 Å². The molecule has 0 bridgehead atoms. The van der Waals surface area contributed by atoms with Crippen molar-refractivity contribution in [3.63, 3.8) is 0 Å². The van der Waals surface area contributed by atoms with Gasteiger partial charge < -0.3 is 34.3 Å². The summed E-state index contributed by atoms with van der Waals surface area (Å²) in [5, 5.41) is 30.6. The van der Waals surface area contributed by atoms with Gasteiger partial charge in [0.25, 0.3) is 0 Å². The zero-order chi connectivity index (χ0) is 42.5. The van der Waals surface area contributed by atoms with E-state index < -0.39 is 59.8 Å². The number of unbranched alkanes of at least 4 members (excludes halogenated alkanes) is 14. The second kappa shape index (κ2) is 36.6. The maximum absolute atomic E-state index is 12.8. The van der Waals surface area contributed by atoms with Gasteiger partial charge in [0.2, 0.25) is 0 Å². The Morgan fingerprint density at radius 1 is 0.672 bits per heavy atom. The molecule has 0 aromatic heterocycles. The summed E-state index contributed by atoms with van der Waals surface area (Å²) in [4.78, 5) is 12.8. The zero-order valence-electron chi connectivity index (χ0n) is 35.6. The van der Waals surface area contributed by atoms with Crippen molar-refractivity contribution in [3.05, 3.63) is 60.8 Å². The van der Waals surface area contributed by atoms with Crippen LogP contribution in [0.25, 0.3) is 0 Å². The van der Waals surface area contributed by atoms with Gasteiger partial charge in [-0.3, -0.25) is 9.35 Å². The van der Waals surface area contributed by atoms with Crippen molar-refractivity contribution in [1.29, 1.82) is 0 Å². The van der Waals surface area contributed by atoms with E-state index in [1.165, 1.54) is 38.5 Å². The predicted octanol–water partition coefficient (Wildman–Crippen LogP) is 8.96. The predicted molar refractivity (Wildman–Crippen MR) is 229 cm³/mol. The SMILES string of the molecule is CC/C=C\C/C=C\C/C=C\CCCCCCCCCCOCC(COC1OC(CO)C(O)C(OS(=O)(=O)O)C1O)OC(=O)CCCCCCC/C=C\C/C=C\CCC. The fourth-order valence-electron chi connectivity index (χ4n) is 6.31. The molecule has 4 N–H and O–H groups in total. The maximum Gasteiger partial charge on any atom is 0.397 e. The summed E-state index contributed by atoms with van der Waals surface area (Å²) in [7, 11) is -5.07. The maximum atomic E-state index is 12.8. The third kappa shape index (κ3) is 29.9. The fourth-order valence-corrected chi connectivity index (χ4v) is 6.82. The van der Waals surface area contributed by atoms with E-state index in [1.54, 1.807) is 0 Å². The topological polar surface area (TPSA) is 178 Å². The van der Waals surface area contributed by atoms with E-state index >= 15 is 0 Å². The van der Waals surface area contributed by atoms with E-state index in [1.807, 2.05) is 0 Å². The molecular weight excluding hydrogens is 765 g/mol. The third-order valence-corrected chi connectivity index (χ3v) is 10.1. The van der Waals surface area contributed by atoms with Crippen LogP contribution in [0.4, 0.5) is 0 Å². The van der Waals surface area contributed by atoms with Crippen molar-refractivity contribution in [2.75, 3.05) is 26.4 Å². The first-order valence-corrected chi connectivity index (χ1v) is 23.4. The van der Waals surface area contributed by atoms with Crippen molar-refractivity contribution in [2.45, 2.75) is 192 Å². The number of esters is 1. The molecule has 0 spiro atoms. The Bertz CT molecular complexity index is 1250. The fraction of sp³-hybridized carbons (Fsp3) is 0.756. The molecular formula is C45H78O12S. The molecule has 0 aromatic rings. The van der Waals surface area contributed by atoms with Crippen molar-refractivity contribution >= 4 is 16.4 Å². The highest BCUT2D eigenvalue weighted by Crippen LogP contribution is 2.26. The van der Waals surface area contributed by atoms with Gasteiger partial charge in [0.05, 0.1) is 19.8 Å². The van der Waals surface area contributed by atoms with Gasteiger partial charge in [-0.05, 0) is 70.6 Å². The Balaban J connectivity index is 2.44. The van der Waals surface area contributed by atoms with Gasteiger partial charge in [0, 0.05) is 13.0 Å². The molecule has 0 radical (unpaired) electrons. The molecule has 1 heterocycles. The Kier molecular flexibility index (Phi) is 34.0. The molecule has 1 aliphatic rings. The number of aliphatic hydroxyl groups excluding tert-OH is 3. The zero-order valence-corrected chi connectivity index (χ0v) is 36.4. The first kappa shape index (κ1) is 53.8. The summed E-state index contributed by atoms with van der Waals surface area (Å²) in [6.07, 6.45) is 35.4. The quantitative estimate of drug-likeness (QED) is 0.0202. The molecule has 0 aliphatic carbocycles. The largest absolute Gasteiger partial charge is 0.457 e. The summed E-state index contributed by atoms with van der Waals surface area (Å²) >= 11 is 0. The number of aliphatic hydroxyl groups is 3. The monoisotopic (exact) mass is 843 g/mol. The molecule has 1 saturated heterocycles. The van der Waals surface area contributed by atoms with Crippen LogP contribution in [-0.4, -0.2) is 97.5 Å². The van der Waals surface area contributed by atoms with E-state index in [2.05, 4.69) is 78.8 Å². The van der Waals surface area contributed by atoms with E-state index in [9.17, 15) is 28.5 Å². The summed E-state index contributed by atoms with van der Waals surface area (Å²) in [6, 6.07) is 0. The number of ether oxygens (including phenoxy) is 4. The van der Waals surface area contributed by atoms with E-state index in [-0.39, 0.29) is 19.6 Å². The van der Waals surface area contributed by atoms with E-state index in [4.69, 9.17) is 23.5 Å². The highest BCUT2D eigenvalue weighted by atomic mass is 32.3. The number of carbonyl (C=O) groups is 1. The van der Waals surface area contributed by atoms with E-state index in [0.717, 1.165) is 89.9 Å². The van der Waals surface area contributed by atoms with Crippen LogP contribution in [0.2, 0.25) is 0 Å². The number of hydrogen-bond donors (Lipinski definition) is 4. The lowest BCUT2D eigenvalue weighted by Crippen LogP contribution is -2.60. The number of rotatable bonds is 37. The summed E-state index contributed by atoms with van der Waals surface area (Å²) in [5.74, 6) is -0.420. The molecule has 0 amide bonds. The number of allylic oxidation sites excluding steroid dienone is 10. The Morgan fingerprint density at radius 3 is 1.74 bits per heavy atom. The minimum Gasteiger partial charge on any atom is -0.457 e. The number of hydrogen-bond acceptors (Lipinski definition) is 11. The second-order valence-electron chi connectivity index (χ2n) is 14.9. The molecule has 58 heavy (non-hydrogen) atoms. The normalized spacial score (nSPS) is 21.1. The molecule has 6 unspecified atom stereocenters. The summed E-state index contributed by atoms with van der Waals surface area (Å²) < 4.78 is 59.0. The first-order valence-electron chi connectivity index (χ1n) is 22.0. The van der Waals surface area contributed by atoms with Crippen LogP contribution in [0.3, 0.4) is 0 Å². The lowest BCUT2D eigenvalue weighted by molar-refractivity contribution is -0.301. The Hall–Kier alpha value is -2.20. The molecule has 336 valence electrons. The van der Waals surface area contributed by atoms with Gasteiger partial charge >= 0.3 is 16.4 Å². The molecule has 1 fully saturated rings. The summed E-state index contributed by atoms with van der Waals surface area (Å²) in [5.41, 5.74) is 0. The molecule has 0 saturated carbocycles. The van der Waals surface area contributed by atoms with Crippen LogP contribution in [0.1, 0.15) is 155 Å². The van der Waals surface area contributed by atoms with Crippen LogP contribution in [0.5, 0.6) is 0 Å². The molecule has 6 atom stereocenters. The number of carbonyl (C=O) groups excluding carboxylic acids is 1. The van der Waals surface area contributed by atoms with Crippen LogP contribution in [-0.2, 0) is 38.3 Å². The lowest BCUT2D eigenvalue weighted by Gasteiger charge is -2.41. The van der Waals surface area contributed by atoms with Crippen molar-refractivity contribution < 1.29 is 56.2 Å².